The first-order valence-corrected chi connectivity index (χ1v) is 11.1. The zero-order chi connectivity index (χ0) is 24.4. The first-order valence-electron chi connectivity index (χ1n) is 11.1. The Balaban J connectivity index is 1.87. The van der Waals surface area contributed by atoms with Crippen LogP contribution in [-0.2, 0) is 11.0 Å². The minimum Gasteiger partial charge on any atom is -0.370 e. The molecule has 2 aliphatic heterocycles. The molecular weight excluding hydrogens is 435 g/mol. The molecule has 10 heteroatoms. The van der Waals surface area contributed by atoms with Gasteiger partial charge >= 0.3 is 12.2 Å². The van der Waals surface area contributed by atoms with Crippen molar-refractivity contribution in [3.63, 3.8) is 0 Å². The van der Waals surface area contributed by atoms with Crippen molar-refractivity contribution in [1.29, 1.82) is 5.26 Å². The van der Waals surface area contributed by atoms with E-state index in [-0.39, 0.29) is 11.9 Å². The molecule has 180 valence electrons. The van der Waals surface area contributed by atoms with Gasteiger partial charge in [-0.25, -0.2) is 4.79 Å². The molecule has 1 atom stereocenters. The van der Waals surface area contributed by atoms with Gasteiger partial charge in [-0.3, -0.25) is 4.79 Å². The van der Waals surface area contributed by atoms with Gasteiger partial charge in [-0.1, -0.05) is 6.92 Å². The molecule has 1 spiro atoms. The normalized spacial score (nSPS) is 20.0. The topological polar surface area (TPSA) is 79.7 Å². The first kappa shape index (κ1) is 24.7. The van der Waals surface area contributed by atoms with Crippen molar-refractivity contribution in [1.82, 2.24) is 15.1 Å². The van der Waals surface area contributed by atoms with Crippen molar-refractivity contribution in [3.05, 3.63) is 29.3 Å². The van der Waals surface area contributed by atoms with Crippen LogP contribution in [0.1, 0.15) is 37.3 Å². The number of hydrogen-bond donors (Lipinski definition) is 1. The van der Waals surface area contributed by atoms with E-state index < -0.39 is 28.6 Å². The van der Waals surface area contributed by atoms with Crippen LogP contribution in [0.3, 0.4) is 0 Å². The Morgan fingerprint density at radius 1 is 1.27 bits per heavy atom. The molecule has 1 aromatic carbocycles. The molecule has 2 fully saturated rings. The number of carbonyl (C=O) groups is 2. The number of nitriles is 1. The number of nitrogens with zero attached hydrogens (tertiary/aromatic N) is 4. The molecule has 33 heavy (non-hydrogen) atoms. The minimum absolute atomic E-state index is 0.0638. The molecule has 0 bridgehead atoms. The van der Waals surface area contributed by atoms with Gasteiger partial charge in [0.1, 0.15) is 0 Å². The minimum atomic E-state index is -4.64. The Hall–Kier alpha value is -2.96. The Morgan fingerprint density at radius 3 is 2.48 bits per heavy atom. The van der Waals surface area contributed by atoms with E-state index in [4.69, 9.17) is 5.26 Å². The van der Waals surface area contributed by atoms with E-state index in [1.807, 2.05) is 11.8 Å². The number of hydrogen-bond acceptors (Lipinski definition) is 4. The first-order chi connectivity index (χ1) is 15.5. The lowest BCUT2D eigenvalue weighted by Crippen LogP contribution is -2.51. The zero-order valence-corrected chi connectivity index (χ0v) is 19.2. The lowest BCUT2D eigenvalue weighted by Gasteiger charge is -2.42. The maximum absolute atomic E-state index is 13.5. The second kappa shape index (κ2) is 9.49. The number of piperidine rings is 1. The fourth-order valence-corrected chi connectivity index (χ4v) is 4.88. The summed E-state index contributed by atoms with van der Waals surface area (Å²) < 4.78 is 40.5. The molecule has 2 aliphatic rings. The Kier molecular flexibility index (Phi) is 7.10. The second-order valence-corrected chi connectivity index (χ2v) is 9.09. The summed E-state index contributed by atoms with van der Waals surface area (Å²) in [5.74, 6) is -0.454. The number of alkyl halides is 3. The summed E-state index contributed by atoms with van der Waals surface area (Å²) >= 11 is 0. The number of halogens is 3. The molecule has 3 rings (SSSR count). The molecule has 7 nitrogen and oxygen atoms in total. The SMILES string of the molecule is CCCNC(=O)N1CCC2(CC1)CN(c1ccc(C#N)c(C(F)(F)F)c1)CC2C(=O)N(C)C. The molecular formula is C23H30F3N5O2. The highest BCUT2D eigenvalue weighted by atomic mass is 19.4. The molecule has 0 aliphatic carbocycles. The van der Waals surface area contributed by atoms with Crippen LogP contribution in [0.4, 0.5) is 23.7 Å². The zero-order valence-electron chi connectivity index (χ0n) is 19.2. The lowest BCUT2D eigenvalue weighted by molar-refractivity contribution is -0.138. The molecule has 2 saturated heterocycles. The van der Waals surface area contributed by atoms with Crippen molar-refractivity contribution >= 4 is 17.6 Å². The summed E-state index contributed by atoms with van der Waals surface area (Å²) in [5.41, 5.74) is -1.48. The van der Waals surface area contributed by atoms with Crippen LogP contribution in [0, 0.1) is 22.7 Å². The van der Waals surface area contributed by atoms with Crippen molar-refractivity contribution in [2.24, 2.45) is 11.3 Å². The second-order valence-electron chi connectivity index (χ2n) is 9.09. The Labute approximate surface area is 192 Å². The van der Waals surface area contributed by atoms with Crippen molar-refractivity contribution in [2.75, 3.05) is 51.7 Å². The van der Waals surface area contributed by atoms with E-state index in [0.717, 1.165) is 12.5 Å². The predicted molar refractivity (Wildman–Crippen MR) is 117 cm³/mol. The highest BCUT2D eigenvalue weighted by Crippen LogP contribution is 2.47. The van der Waals surface area contributed by atoms with Gasteiger partial charge < -0.3 is 20.0 Å². The fourth-order valence-electron chi connectivity index (χ4n) is 4.88. The van der Waals surface area contributed by atoms with Crippen molar-refractivity contribution < 1.29 is 22.8 Å². The summed E-state index contributed by atoms with van der Waals surface area (Å²) in [6, 6.07) is 5.18. The van der Waals surface area contributed by atoms with Gasteiger partial charge in [0.15, 0.2) is 0 Å². The van der Waals surface area contributed by atoms with Crippen LogP contribution in [0.5, 0.6) is 0 Å². The fraction of sp³-hybridized carbons (Fsp3) is 0.609. The monoisotopic (exact) mass is 465 g/mol. The lowest BCUT2D eigenvalue weighted by atomic mass is 9.70. The third kappa shape index (κ3) is 5.02. The molecule has 1 unspecified atom stereocenters. The highest BCUT2D eigenvalue weighted by Gasteiger charge is 2.52. The summed E-state index contributed by atoms with van der Waals surface area (Å²) in [4.78, 5) is 30.5. The summed E-state index contributed by atoms with van der Waals surface area (Å²) in [7, 11) is 3.35. The molecule has 2 heterocycles. The third-order valence-corrected chi connectivity index (χ3v) is 6.75. The van der Waals surface area contributed by atoms with Crippen LogP contribution >= 0.6 is 0 Å². The maximum atomic E-state index is 13.5. The number of amides is 3. The largest absolute Gasteiger partial charge is 0.417 e. The molecule has 3 amide bonds. The predicted octanol–water partition coefficient (Wildman–Crippen LogP) is 3.30. The van der Waals surface area contributed by atoms with Crippen molar-refractivity contribution in [3.8, 4) is 6.07 Å². The van der Waals surface area contributed by atoms with Crippen LogP contribution < -0.4 is 10.2 Å². The summed E-state index contributed by atoms with van der Waals surface area (Å²) in [6.45, 7) is 4.26. The molecule has 1 N–H and O–H groups in total. The molecule has 1 aromatic rings. The van der Waals surface area contributed by atoms with E-state index in [0.29, 0.717) is 51.3 Å². The van der Waals surface area contributed by atoms with Crippen LogP contribution in [-0.4, -0.2) is 68.6 Å². The van der Waals surface area contributed by atoms with Gasteiger partial charge in [0.05, 0.1) is 23.1 Å². The Morgan fingerprint density at radius 2 is 1.94 bits per heavy atom. The van der Waals surface area contributed by atoms with Crippen LogP contribution in [0.25, 0.3) is 0 Å². The number of anilines is 1. The quantitative estimate of drug-likeness (QED) is 0.740. The molecule has 0 aromatic heterocycles. The average Bonchev–Trinajstić information content (AvgIpc) is 3.14. The van der Waals surface area contributed by atoms with E-state index in [1.54, 1.807) is 25.1 Å². The van der Waals surface area contributed by atoms with Crippen LogP contribution in [0.15, 0.2) is 18.2 Å². The molecule has 0 saturated carbocycles. The maximum Gasteiger partial charge on any atom is 0.417 e. The van der Waals surface area contributed by atoms with Gasteiger partial charge in [0.2, 0.25) is 5.91 Å². The number of carbonyl (C=O) groups excluding carboxylic acids is 2. The number of rotatable bonds is 4. The number of urea groups is 1. The third-order valence-electron chi connectivity index (χ3n) is 6.75. The smallest absolute Gasteiger partial charge is 0.370 e. The van der Waals surface area contributed by atoms with Gasteiger partial charge in [-0.15, -0.1) is 0 Å². The average molecular weight is 466 g/mol. The Bertz CT molecular complexity index is 933. The van der Waals surface area contributed by atoms with Crippen LogP contribution in [0.2, 0.25) is 0 Å². The number of likely N-dealkylation sites (tertiary alicyclic amines) is 1. The van der Waals surface area contributed by atoms with E-state index in [2.05, 4.69) is 5.32 Å². The standard InChI is InChI=1S/C23H30F3N5O2/c1-4-9-28-21(33)30-10-7-22(8-11-30)15-31(14-19(22)20(32)29(2)3)17-6-5-16(13-27)18(12-17)23(24,25)26/h5-6,12,19H,4,7-11,14-15H2,1-3H3,(H,28,33). The van der Waals surface area contributed by atoms with Gasteiger partial charge in [-0.2, -0.15) is 18.4 Å². The van der Waals surface area contributed by atoms with Crippen molar-refractivity contribution in [2.45, 2.75) is 32.4 Å². The summed E-state index contributed by atoms with van der Waals surface area (Å²) in [5, 5.41) is 12.0. The van der Waals surface area contributed by atoms with Gasteiger partial charge in [0.25, 0.3) is 0 Å². The molecule has 0 radical (unpaired) electrons. The van der Waals surface area contributed by atoms with Gasteiger partial charge in [-0.05, 0) is 37.5 Å². The highest BCUT2D eigenvalue weighted by molar-refractivity contribution is 5.81. The summed E-state index contributed by atoms with van der Waals surface area (Å²) in [6.07, 6.45) is -2.62. The van der Waals surface area contributed by atoms with E-state index >= 15 is 0 Å². The number of nitrogens with one attached hydrogen (secondary N) is 1. The van der Waals surface area contributed by atoms with E-state index in [1.165, 1.54) is 17.0 Å². The van der Waals surface area contributed by atoms with Gasteiger partial charge in [0, 0.05) is 57.9 Å². The number of benzene rings is 1. The van der Waals surface area contributed by atoms with E-state index in [9.17, 15) is 22.8 Å².